The average Bonchev–Trinajstić information content (AvgIpc) is 2.79. The third-order valence-corrected chi connectivity index (χ3v) is 5.06. The van der Waals surface area contributed by atoms with Crippen molar-refractivity contribution in [3.8, 4) is 0 Å². The molecular formula is C13H21N5O6S. The molecule has 3 unspecified atom stereocenters. The maximum atomic E-state index is 12.3. The lowest BCUT2D eigenvalue weighted by atomic mass is 9.99. The van der Waals surface area contributed by atoms with Gasteiger partial charge in [0.2, 0.25) is 5.91 Å². The van der Waals surface area contributed by atoms with Gasteiger partial charge in [-0.3, -0.25) is 14.8 Å². The monoisotopic (exact) mass is 375 g/mol. The summed E-state index contributed by atoms with van der Waals surface area (Å²) in [5.41, 5.74) is 0. The van der Waals surface area contributed by atoms with Gasteiger partial charge in [0, 0.05) is 6.54 Å². The van der Waals surface area contributed by atoms with E-state index in [9.17, 15) is 18.0 Å². The topological polar surface area (TPSA) is 152 Å². The Morgan fingerprint density at radius 2 is 2.08 bits per heavy atom. The molecule has 3 amide bonds. The molecule has 2 bridgehead atoms. The highest BCUT2D eigenvalue weighted by atomic mass is 32.3. The molecular weight excluding hydrogens is 354 g/mol. The Balaban J connectivity index is 1.63. The van der Waals surface area contributed by atoms with Gasteiger partial charge in [0.05, 0.1) is 18.1 Å². The molecule has 0 radical (unpaired) electrons. The molecule has 11 nitrogen and oxygen atoms in total. The zero-order chi connectivity index (χ0) is 18.2. The van der Waals surface area contributed by atoms with Crippen molar-refractivity contribution in [1.29, 1.82) is 5.41 Å². The molecule has 4 N–H and O–H groups in total. The maximum Gasteiger partial charge on any atom is 0.418 e. The highest BCUT2D eigenvalue weighted by Gasteiger charge is 2.48. The fourth-order valence-corrected chi connectivity index (χ4v) is 3.90. The molecule has 0 aromatic heterocycles. The molecule has 25 heavy (non-hydrogen) atoms. The van der Waals surface area contributed by atoms with Gasteiger partial charge in [-0.25, -0.2) is 4.79 Å². The summed E-state index contributed by atoms with van der Waals surface area (Å²) in [6, 6.07) is -2.28. The number of rotatable bonds is 4. The number of piperidine rings is 2. The molecule has 0 aromatic carbocycles. The number of hydroxylamine groups is 2. The number of amides is 3. The molecule has 0 aliphatic carbocycles. The van der Waals surface area contributed by atoms with Crippen molar-refractivity contribution in [1.82, 2.24) is 20.6 Å². The van der Waals surface area contributed by atoms with Crippen molar-refractivity contribution in [2.45, 2.75) is 50.2 Å². The lowest BCUT2D eigenvalue weighted by Crippen LogP contribution is -2.54. The van der Waals surface area contributed by atoms with Crippen LogP contribution in [0.2, 0.25) is 0 Å². The third kappa shape index (κ3) is 3.92. The average molecular weight is 375 g/mol. The quantitative estimate of drug-likeness (QED) is 0.286. The van der Waals surface area contributed by atoms with E-state index in [2.05, 4.69) is 14.9 Å². The van der Waals surface area contributed by atoms with E-state index < -0.39 is 28.5 Å². The molecule has 0 saturated carbocycles. The Kier molecular flexibility index (Phi) is 4.95. The summed E-state index contributed by atoms with van der Waals surface area (Å²) in [5, 5.41) is 14.4. The van der Waals surface area contributed by atoms with Gasteiger partial charge < -0.3 is 15.5 Å². The molecule has 3 saturated heterocycles. The van der Waals surface area contributed by atoms with Crippen LogP contribution in [0.1, 0.15) is 32.1 Å². The first kappa shape index (κ1) is 18.0. The Morgan fingerprint density at radius 3 is 2.72 bits per heavy atom. The molecule has 12 heteroatoms. The van der Waals surface area contributed by atoms with Crippen molar-refractivity contribution in [2.24, 2.45) is 0 Å². The maximum absolute atomic E-state index is 12.3. The Hall–Kier alpha value is -1.76. The molecule has 3 atom stereocenters. The molecule has 140 valence electrons. The van der Waals surface area contributed by atoms with Gasteiger partial charge in [0.25, 0.3) is 0 Å². The van der Waals surface area contributed by atoms with E-state index in [1.54, 1.807) is 0 Å². The predicted octanol–water partition coefficient (Wildman–Crippen LogP) is -0.775. The van der Waals surface area contributed by atoms with Crippen LogP contribution in [0.3, 0.4) is 0 Å². The number of nitrogens with one attached hydrogen (secondary N) is 3. The first-order valence-electron chi connectivity index (χ1n) is 8.16. The Labute approximate surface area is 145 Å². The second kappa shape index (κ2) is 6.86. The summed E-state index contributed by atoms with van der Waals surface area (Å²) in [7, 11) is -4.80. The van der Waals surface area contributed by atoms with Crippen LogP contribution in [0, 0.1) is 5.41 Å². The van der Waals surface area contributed by atoms with E-state index in [4.69, 9.17) is 9.96 Å². The number of carbonyl (C=O) groups excluding carboxylic acids is 2. The highest BCUT2D eigenvalue weighted by molar-refractivity contribution is 7.80. The predicted molar refractivity (Wildman–Crippen MR) is 84.9 cm³/mol. The molecule has 3 fully saturated rings. The van der Waals surface area contributed by atoms with Crippen molar-refractivity contribution in [3.05, 3.63) is 0 Å². The molecule has 0 spiro atoms. The second-order valence-electron chi connectivity index (χ2n) is 6.42. The van der Waals surface area contributed by atoms with Crippen LogP contribution in [-0.2, 0) is 19.5 Å². The fourth-order valence-electron chi connectivity index (χ4n) is 3.51. The number of urea groups is 1. The molecule has 3 rings (SSSR count). The Bertz CT molecular complexity index is 676. The molecule has 3 aliphatic rings. The van der Waals surface area contributed by atoms with Crippen LogP contribution in [0.25, 0.3) is 0 Å². The van der Waals surface area contributed by atoms with Crippen LogP contribution >= 0.6 is 0 Å². The van der Waals surface area contributed by atoms with Crippen molar-refractivity contribution in [3.63, 3.8) is 0 Å². The van der Waals surface area contributed by atoms with Gasteiger partial charge in [0.1, 0.15) is 5.84 Å². The summed E-state index contributed by atoms with van der Waals surface area (Å²) in [4.78, 5) is 25.8. The van der Waals surface area contributed by atoms with Gasteiger partial charge >= 0.3 is 16.4 Å². The number of hydrogen-bond donors (Lipinski definition) is 4. The van der Waals surface area contributed by atoms with Crippen LogP contribution in [0.4, 0.5) is 4.79 Å². The number of hydrogen-bond acceptors (Lipinski definition) is 7. The number of fused-ring (bicyclic) bond motifs is 2. The summed E-state index contributed by atoms with van der Waals surface area (Å²) < 4.78 is 34.9. The van der Waals surface area contributed by atoms with E-state index in [-0.39, 0.29) is 24.3 Å². The van der Waals surface area contributed by atoms with E-state index in [0.29, 0.717) is 24.3 Å². The lowest BCUT2D eigenvalue weighted by molar-refractivity contribution is -0.122. The van der Waals surface area contributed by atoms with E-state index in [1.807, 2.05) is 0 Å². The first-order valence-corrected chi connectivity index (χ1v) is 9.52. The first-order chi connectivity index (χ1) is 11.8. The smallest absolute Gasteiger partial charge is 0.312 e. The molecule has 0 aromatic rings. The van der Waals surface area contributed by atoms with Crippen LogP contribution in [-0.4, -0.2) is 71.9 Å². The standard InChI is InChI=1S/C13H21N5O6S/c14-11(16-12(19)9-3-1-2-6-15-9)10-5-4-8-7-17(10)13(20)18(8)24-25(21,22)23/h8-10,15H,1-7H2,(H2,14,16,19)(H,21,22,23). The molecule has 3 heterocycles. The van der Waals surface area contributed by atoms with Crippen molar-refractivity contribution < 1.29 is 26.8 Å². The summed E-state index contributed by atoms with van der Waals surface area (Å²) in [5.74, 6) is -0.401. The van der Waals surface area contributed by atoms with Gasteiger partial charge in [0.15, 0.2) is 0 Å². The van der Waals surface area contributed by atoms with Crippen LogP contribution in [0.5, 0.6) is 0 Å². The second-order valence-corrected chi connectivity index (χ2v) is 7.42. The van der Waals surface area contributed by atoms with Crippen LogP contribution < -0.4 is 10.6 Å². The van der Waals surface area contributed by atoms with Crippen molar-refractivity contribution >= 4 is 28.2 Å². The van der Waals surface area contributed by atoms with Crippen LogP contribution in [0.15, 0.2) is 0 Å². The minimum absolute atomic E-state index is 0.0992. The van der Waals surface area contributed by atoms with E-state index >= 15 is 0 Å². The number of amidine groups is 1. The van der Waals surface area contributed by atoms with Gasteiger partial charge in [-0.1, -0.05) is 6.42 Å². The highest BCUT2D eigenvalue weighted by Crippen LogP contribution is 2.30. The molecule has 3 aliphatic heterocycles. The fraction of sp³-hybridized carbons (Fsp3) is 0.769. The van der Waals surface area contributed by atoms with Crippen molar-refractivity contribution in [2.75, 3.05) is 13.1 Å². The normalized spacial score (nSPS) is 29.6. The zero-order valence-electron chi connectivity index (χ0n) is 13.5. The van der Waals surface area contributed by atoms with Gasteiger partial charge in [-0.2, -0.15) is 13.5 Å². The SMILES string of the molecule is N=C(NC(=O)C1CCCCN1)C1CCC2CN1C(=O)N2OS(=O)(=O)O. The largest absolute Gasteiger partial charge is 0.418 e. The van der Waals surface area contributed by atoms with Gasteiger partial charge in [-0.05, 0) is 32.2 Å². The van der Waals surface area contributed by atoms with Gasteiger partial charge in [-0.15, -0.1) is 4.28 Å². The zero-order valence-corrected chi connectivity index (χ0v) is 14.3. The minimum atomic E-state index is -4.80. The Morgan fingerprint density at radius 1 is 1.32 bits per heavy atom. The summed E-state index contributed by atoms with van der Waals surface area (Å²) in [6.45, 7) is 0.919. The minimum Gasteiger partial charge on any atom is -0.312 e. The lowest BCUT2D eigenvalue weighted by Gasteiger charge is -2.31. The number of carbonyl (C=O) groups is 2. The third-order valence-electron chi connectivity index (χ3n) is 4.72. The summed E-state index contributed by atoms with van der Waals surface area (Å²) in [6.07, 6.45) is 3.43. The van der Waals surface area contributed by atoms with E-state index in [1.165, 1.54) is 4.90 Å². The number of nitrogens with zero attached hydrogens (tertiary/aromatic N) is 2. The summed E-state index contributed by atoms with van der Waals surface area (Å²) >= 11 is 0. The van der Waals surface area contributed by atoms with E-state index in [0.717, 1.165) is 19.4 Å².